The van der Waals surface area contributed by atoms with Gasteiger partial charge in [0.2, 0.25) is 0 Å². The summed E-state index contributed by atoms with van der Waals surface area (Å²) in [5.41, 5.74) is 1.26. The van der Waals surface area contributed by atoms with Gasteiger partial charge in [0.15, 0.2) is 17.3 Å². The van der Waals surface area contributed by atoms with Crippen molar-refractivity contribution in [3.8, 4) is 17.2 Å². The van der Waals surface area contributed by atoms with Gasteiger partial charge in [-0.1, -0.05) is 18.2 Å². The quantitative estimate of drug-likeness (QED) is 0.676. The summed E-state index contributed by atoms with van der Waals surface area (Å²) >= 11 is 0. The summed E-state index contributed by atoms with van der Waals surface area (Å²) in [6, 6.07) is 11.9. The van der Waals surface area contributed by atoms with Gasteiger partial charge in [-0.3, -0.25) is 4.79 Å². The molecule has 108 valence electrons. The first kappa shape index (κ1) is 14.7. The molecular formula is C17H16O4. The van der Waals surface area contributed by atoms with Crippen LogP contribution in [0.15, 0.2) is 48.5 Å². The fourth-order valence-electron chi connectivity index (χ4n) is 1.90. The van der Waals surface area contributed by atoms with Crippen molar-refractivity contribution < 1.29 is 19.4 Å². The molecule has 0 spiro atoms. The predicted molar refractivity (Wildman–Crippen MR) is 81.0 cm³/mol. The van der Waals surface area contributed by atoms with E-state index in [0.717, 1.165) is 5.56 Å². The Morgan fingerprint density at radius 2 is 1.76 bits per heavy atom. The Hall–Kier alpha value is -2.75. The van der Waals surface area contributed by atoms with Crippen molar-refractivity contribution in [2.75, 3.05) is 14.2 Å². The number of carbonyl (C=O) groups is 1. The summed E-state index contributed by atoms with van der Waals surface area (Å²) in [7, 11) is 3.02. The lowest BCUT2D eigenvalue weighted by atomic mass is 10.1. The van der Waals surface area contributed by atoms with E-state index in [1.807, 2.05) is 24.3 Å². The van der Waals surface area contributed by atoms with Crippen LogP contribution in [0.5, 0.6) is 17.2 Å². The minimum Gasteiger partial charge on any atom is -0.504 e. The second kappa shape index (κ2) is 6.61. The molecule has 1 N–H and O–H groups in total. The highest BCUT2D eigenvalue weighted by atomic mass is 16.5. The molecule has 0 amide bonds. The van der Waals surface area contributed by atoms with E-state index in [4.69, 9.17) is 9.47 Å². The van der Waals surface area contributed by atoms with Gasteiger partial charge in [0, 0.05) is 11.1 Å². The number of rotatable bonds is 5. The number of methoxy groups -OCH3 is 2. The second-order valence-electron chi connectivity index (χ2n) is 4.33. The zero-order valence-electron chi connectivity index (χ0n) is 11.9. The van der Waals surface area contributed by atoms with Crippen LogP contribution < -0.4 is 9.47 Å². The molecule has 2 rings (SSSR count). The summed E-state index contributed by atoms with van der Waals surface area (Å²) in [6.07, 6.45) is 3.16. The first-order valence-electron chi connectivity index (χ1n) is 6.38. The standard InChI is InChI=1S/C17H16O4/c1-20-16-6-4-3-5-12(16)7-9-14(18)13-8-10-15(19)17(11-13)21-2/h3-11,19H,1-2H3/b9-7+. The van der Waals surface area contributed by atoms with Crippen LogP contribution in [0.25, 0.3) is 6.08 Å². The van der Waals surface area contributed by atoms with Crippen LogP contribution in [0.2, 0.25) is 0 Å². The molecule has 4 nitrogen and oxygen atoms in total. The number of hydrogen-bond acceptors (Lipinski definition) is 4. The molecule has 0 radical (unpaired) electrons. The van der Waals surface area contributed by atoms with Gasteiger partial charge in [0.25, 0.3) is 0 Å². The van der Waals surface area contributed by atoms with Crippen LogP contribution in [0.3, 0.4) is 0 Å². The van der Waals surface area contributed by atoms with E-state index in [0.29, 0.717) is 11.3 Å². The van der Waals surface area contributed by atoms with Crippen LogP contribution in [0.1, 0.15) is 15.9 Å². The van der Waals surface area contributed by atoms with E-state index in [2.05, 4.69) is 0 Å². The molecule has 0 aliphatic rings. The highest BCUT2D eigenvalue weighted by Gasteiger charge is 2.07. The normalized spacial score (nSPS) is 10.6. The molecule has 0 fully saturated rings. The number of ether oxygens (including phenoxy) is 2. The molecule has 0 saturated heterocycles. The van der Waals surface area contributed by atoms with Crippen molar-refractivity contribution >= 4 is 11.9 Å². The SMILES string of the molecule is COc1cc(C(=O)/C=C/c2ccccc2OC)ccc1O. The number of phenols is 1. The molecule has 4 heteroatoms. The van der Waals surface area contributed by atoms with E-state index in [1.165, 1.54) is 25.3 Å². The minimum atomic E-state index is -0.181. The van der Waals surface area contributed by atoms with Gasteiger partial charge in [-0.2, -0.15) is 0 Å². The Morgan fingerprint density at radius 1 is 1.05 bits per heavy atom. The molecule has 0 saturated carbocycles. The fraction of sp³-hybridized carbons (Fsp3) is 0.118. The molecule has 0 aromatic heterocycles. The topological polar surface area (TPSA) is 55.8 Å². The number of benzene rings is 2. The number of allylic oxidation sites excluding steroid dienone is 1. The van der Waals surface area contributed by atoms with E-state index < -0.39 is 0 Å². The third kappa shape index (κ3) is 3.42. The highest BCUT2D eigenvalue weighted by molar-refractivity contribution is 6.07. The van der Waals surface area contributed by atoms with Gasteiger partial charge in [0.05, 0.1) is 14.2 Å². The monoisotopic (exact) mass is 284 g/mol. The number of aromatic hydroxyl groups is 1. The number of ketones is 1. The first-order valence-corrected chi connectivity index (χ1v) is 6.38. The van der Waals surface area contributed by atoms with Crippen molar-refractivity contribution in [3.63, 3.8) is 0 Å². The van der Waals surface area contributed by atoms with Crippen molar-refractivity contribution in [1.29, 1.82) is 0 Å². The van der Waals surface area contributed by atoms with Crippen LogP contribution in [-0.2, 0) is 0 Å². The Balaban J connectivity index is 2.23. The Labute approximate surface area is 123 Å². The zero-order valence-corrected chi connectivity index (χ0v) is 11.9. The number of carbonyl (C=O) groups excluding carboxylic acids is 1. The van der Waals surface area contributed by atoms with Crippen molar-refractivity contribution in [2.45, 2.75) is 0 Å². The molecule has 0 unspecified atom stereocenters. The average Bonchev–Trinajstić information content (AvgIpc) is 2.53. The van der Waals surface area contributed by atoms with Crippen molar-refractivity contribution in [3.05, 3.63) is 59.7 Å². The molecule has 0 heterocycles. The lowest BCUT2D eigenvalue weighted by Gasteiger charge is -2.05. The summed E-state index contributed by atoms with van der Waals surface area (Å²) in [5, 5.41) is 9.52. The van der Waals surface area contributed by atoms with Gasteiger partial charge < -0.3 is 14.6 Å². The smallest absolute Gasteiger partial charge is 0.185 e. The first-order chi connectivity index (χ1) is 10.2. The van der Waals surface area contributed by atoms with Crippen molar-refractivity contribution in [2.24, 2.45) is 0 Å². The van der Waals surface area contributed by atoms with Gasteiger partial charge in [-0.15, -0.1) is 0 Å². The number of para-hydroxylation sites is 1. The molecule has 2 aromatic carbocycles. The Bertz CT molecular complexity index is 674. The third-order valence-corrected chi connectivity index (χ3v) is 3.02. The van der Waals surface area contributed by atoms with Gasteiger partial charge in [0.1, 0.15) is 5.75 Å². The van der Waals surface area contributed by atoms with Crippen LogP contribution in [0, 0.1) is 0 Å². The lowest BCUT2D eigenvalue weighted by molar-refractivity contribution is 0.104. The largest absolute Gasteiger partial charge is 0.504 e. The maximum absolute atomic E-state index is 12.1. The van der Waals surface area contributed by atoms with Crippen LogP contribution >= 0.6 is 0 Å². The van der Waals surface area contributed by atoms with Crippen molar-refractivity contribution in [1.82, 2.24) is 0 Å². The molecule has 0 aliphatic carbocycles. The summed E-state index contributed by atoms with van der Waals surface area (Å²) in [5.74, 6) is 0.790. The van der Waals surface area contributed by atoms with E-state index in [9.17, 15) is 9.90 Å². The van der Waals surface area contributed by atoms with Crippen LogP contribution in [0.4, 0.5) is 0 Å². The third-order valence-electron chi connectivity index (χ3n) is 3.02. The highest BCUT2D eigenvalue weighted by Crippen LogP contribution is 2.26. The molecule has 0 atom stereocenters. The molecule has 0 bridgehead atoms. The number of phenolic OH excluding ortho intramolecular Hbond substituents is 1. The van der Waals surface area contributed by atoms with Gasteiger partial charge in [-0.25, -0.2) is 0 Å². The predicted octanol–water partition coefficient (Wildman–Crippen LogP) is 3.31. The average molecular weight is 284 g/mol. The summed E-state index contributed by atoms with van der Waals surface area (Å²) in [4.78, 5) is 12.1. The zero-order chi connectivity index (χ0) is 15.2. The molecule has 21 heavy (non-hydrogen) atoms. The van der Waals surface area contributed by atoms with Crippen LogP contribution in [-0.4, -0.2) is 25.1 Å². The van der Waals surface area contributed by atoms with E-state index in [1.54, 1.807) is 19.3 Å². The number of hydrogen-bond donors (Lipinski definition) is 1. The maximum Gasteiger partial charge on any atom is 0.185 e. The summed E-state index contributed by atoms with van der Waals surface area (Å²) in [6.45, 7) is 0. The lowest BCUT2D eigenvalue weighted by Crippen LogP contribution is -1.95. The molecule has 0 aliphatic heterocycles. The second-order valence-corrected chi connectivity index (χ2v) is 4.33. The van der Waals surface area contributed by atoms with E-state index in [-0.39, 0.29) is 17.3 Å². The maximum atomic E-state index is 12.1. The molecule has 2 aromatic rings. The van der Waals surface area contributed by atoms with E-state index >= 15 is 0 Å². The summed E-state index contributed by atoms with van der Waals surface area (Å²) < 4.78 is 10.2. The Kier molecular flexibility index (Phi) is 4.61. The van der Waals surface area contributed by atoms with Gasteiger partial charge >= 0.3 is 0 Å². The fourth-order valence-corrected chi connectivity index (χ4v) is 1.90. The Morgan fingerprint density at radius 3 is 2.48 bits per heavy atom. The molecular weight excluding hydrogens is 268 g/mol. The van der Waals surface area contributed by atoms with Gasteiger partial charge in [-0.05, 0) is 36.4 Å². The minimum absolute atomic E-state index is 0.00255.